The molecule has 0 aromatic heterocycles. The average molecular weight is 241 g/mol. The Labute approximate surface area is 105 Å². The number of carbonyl (C=O) groups excluding carboxylic acids is 1. The maximum absolute atomic E-state index is 11.5. The van der Waals surface area contributed by atoms with Crippen LogP contribution >= 0.6 is 0 Å². The van der Waals surface area contributed by atoms with E-state index in [-0.39, 0.29) is 5.91 Å². The molecule has 3 N–H and O–H groups in total. The van der Waals surface area contributed by atoms with E-state index in [0.717, 1.165) is 13.1 Å². The van der Waals surface area contributed by atoms with Crippen molar-refractivity contribution in [1.29, 1.82) is 0 Å². The summed E-state index contributed by atoms with van der Waals surface area (Å²) in [6.45, 7) is 4.30. The van der Waals surface area contributed by atoms with Crippen molar-refractivity contribution in [3.05, 3.63) is 0 Å². The SMILES string of the molecule is CCN(CC(=O)NC)C1CCCCCC1CN. The number of nitrogens with one attached hydrogen (secondary N) is 1. The van der Waals surface area contributed by atoms with Crippen LogP contribution in [0, 0.1) is 5.92 Å². The van der Waals surface area contributed by atoms with Crippen LogP contribution < -0.4 is 11.1 Å². The fourth-order valence-electron chi connectivity index (χ4n) is 2.85. The van der Waals surface area contributed by atoms with Gasteiger partial charge in [-0.1, -0.05) is 26.2 Å². The molecule has 0 aromatic carbocycles. The summed E-state index contributed by atoms with van der Waals surface area (Å²) in [7, 11) is 1.70. The Morgan fingerprint density at radius 3 is 2.65 bits per heavy atom. The minimum atomic E-state index is 0.104. The van der Waals surface area contributed by atoms with Crippen molar-refractivity contribution in [2.75, 3.05) is 26.7 Å². The quantitative estimate of drug-likeness (QED) is 0.705. The second-order valence-corrected chi connectivity index (χ2v) is 4.94. The number of carbonyl (C=O) groups is 1. The molecule has 0 heterocycles. The van der Waals surface area contributed by atoms with Gasteiger partial charge in [-0.25, -0.2) is 0 Å². The molecule has 2 unspecified atom stereocenters. The van der Waals surface area contributed by atoms with Crippen LogP contribution in [0.1, 0.15) is 39.0 Å². The van der Waals surface area contributed by atoms with Gasteiger partial charge in [-0.05, 0) is 31.8 Å². The first-order chi connectivity index (χ1) is 8.22. The Morgan fingerprint density at radius 1 is 1.35 bits per heavy atom. The van der Waals surface area contributed by atoms with Crippen LogP contribution in [-0.4, -0.2) is 43.5 Å². The van der Waals surface area contributed by atoms with Crippen LogP contribution in [0.15, 0.2) is 0 Å². The van der Waals surface area contributed by atoms with Crippen molar-refractivity contribution >= 4 is 5.91 Å². The zero-order valence-corrected chi connectivity index (χ0v) is 11.2. The molecule has 1 fully saturated rings. The van der Waals surface area contributed by atoms with E-state index in [4.69, 9.17) is 5.73 Å². The summed E-state index contributed by atoms with van der Waals surface area (Å²) in [5.74, 6) is 0.661. The zero-order valence-electron chi connectivity index (χ0n) is 11.2. The minimum Gasteiger partial charge on any atom is -0.358 e. The molecule has 0 spiro atoms. The van der Waals surface area contributed by atoms with Gasteiger partial charge in [0.25, 0.3) is 0 Å². The Balaban J connectivity index is 2.65. The molecule has 0 aromatic rings. The fourth-order valence-corrected chi connectivity index (χ4v) is 2.85. The maximum atomic E-state index is 11.5. The lowest BCUT2D eigenvalue weighted by molar-refractivity contribution is -0.122. The van der Waals surface area contributed by atoms with E-state index < -0.39 is 0 Å². The highest BCUT2D eigenvalue weighted by atomic mass is 16.1. The first-order valence-corrected chi connectivity index (χ1v) is 6.87. The van der Waals surface area contributed by atoms with Gasteiger partial charge in [0.1, 0.15) is 0 Å². The van der Waals surface area contributed by atoms with E-state index in [1.807, 2.05) is 0 Å². The maximum Gasteiger partial charge on any atom is 0.233 e. The molecule has 17 heavy (non-hydrogen) atoms. The van der Waals surface area contributed by atoms with Crippen molar-refractivity contribution in [3.8, 4) is 0 Å². The molecule has 0 saturated heterocycles. The molecule has 1 rings (SSSR count). The first-order valence-electron chi connectivity index (χ1n) is 6.87. The van der Waals surface area contributed by atoms with E-state index in [1.54, 1.807) is 7.05 Å². The molecule has 1 amide bonds. The number of hydrogen-bond acceptors (Lipinski definition) is 3. The third kappa shape index (κ3) is 4.28. The highest BCUT2D eigenvalue weighted by Gasteiger charge is 2.28. The molecule has 0 bridgehead atoms. The standard InChI is InChI=1S/C13H27N3O/c1-3-16(10-13(17)15-2)12-8-6-4-5-7-11(12)9-14/h11-12H,3-10,14H2,1-2H3,(H,15,17). The number of hydrogen-bond donors (Lipinski definition) is 2. The smallest absolute Gasteiger partial charge is 0.233 e. The van der Waals surface area contributed by atoms with Crippen molar-refractivity contribution in [2.45, 2.75) is 45.1 Å². The van der Waals surface area contributed by atoms with Crippen molar-refractivity contribution < 1.29 is 4.79 Å². The van der Waals surface area contributed by atoms with E-state index in [0.29, 0.717) is 18.5 Å². The second kappa shape index (κ2) is 7.67. The number of rotatable bonds is 5. The van der Waals surface area contributed by atoms with Gasteiger partial charge in [0.2, 0.25) is 5.91 Å². The zero-order chi connectivity index (χ0) is 12.7. The number of amides is 1. The molecule has 2 atom stereocenters. The highest BCUT2D eigenvalue weighted by Crippen LogP contribution is 2.26. The predicted octanol–water partition coefficient (Wildman–Crippen LogP) is 0.962. The lowest BCUT2D eigenvalue weighted by Crippen LogP contribution is -2.47. The van der Waals surface area contributed by atoms with E-state index >= 15 is 0 Å². The van der Waals surface area contributed by atoms with Gasteiger partial charge in [0.05, 0.1) is 6.54 Å². The van der Waals surface area contributed by atoms with Crippen LogP contribution in [0.3, 0.4) is 0 Å². The largest absolute Gasteiger partial charge is 0.358 e. The third-order valence-corrected chi connectivity index (χ3v) is 3.92. The van der Waals surface area contributed by atoms with Gasteiger partial charge in [0, 0.05) is 13.1 Å². The first kappa shape index (κ1) is 14.5. The summed E-state index contributed by atoms with van der Waals surface area (Å²) in [5, 5.41) is 2.71. The van der Waals surface area contributed by atoms with Gasteiger partial charge in [-0.3, -0.25) is 9.69 Å². The van der Waals surface area contributed by atoms with Gasteiger partial charge in [0.15, 0.2) is 0 Å². The monoisotopic (exact) mass is 241 g/mol. The Hall–Kier alpha value is -0.610. The van der Waals surface area contributed by atoms with Gasteiger partial charge in [-0.15, -0.1) is 0 Å². The normalized spacial score (nSPS) is 25.6. The fraction of sp³-hybridized carbons (Fsp3) is 0.923. The van der Waals surface area contributed by atoms with Crippen LogP contribution in [0.2, 0.25) is 0 Å². The second-order valence-electron chi connectivity index (χ2n) is 4.94. The molecule has 100 valence electrons. The molecular formula is C13H27N3O. The number of nitrogens with zero attached hydrogens (tertiary/aromatic N) is 1. The van der Waals surface area contributed by atoms with Crippen LogP contribution in [-0.2, 0) is 4.79 Å². The van der Waals surface area contributed by atoms with Gasteiger partial charge >= 0.3 is 0 Å². The Kier molecular flexibility index (Phi) is 6.52. The summed E-state index contributed by atoms with van der Waals surface area (Å²) in [4.78, 5) is 13.8. The van der Waals surface area contributed by atoms with Crippen molar-refractivity contribution in [2.24, 2.45) is 11.7 Å². The predicted molar refractivity (Wildman–Crippen MR) is 70.7 cm³/mol. The average Bonchev–Trinajstić information content (AvgIpc) is 2.60. The molecule has 0 aliphatic heterocycles. The molecule has 4 heteroatoms. The number of nitrogens with two attached hydrogens (primary N) is 1. The van der Waals surface area contributed by atoms with Crippen molar-refractivity contribution in [3.63, 3.8) is 0 Å². The molecule has 1 aliphatic rings. The van der Waals surface area contributed by atoms with E-state index in [9.17, 15) is 4.79 Å². The molecule has 1 aliphatic carbocycles. The third-order valence-electron chi connectivity index (χ3n) is 3.92. The summed E-state index contributed by atoms with van der Waals surface area (Å²) in [5.41, 5.74) is 5.89. The summed E-state index contributed by atoms with van der Waals surface area (Å²) in [6.07, 6.45) is 6.27. The van der Waals surface area contributed by atoms with Crippen molar-refractivity contribution in [1.82, 2.24) is 10.2 Å². The van der Waals surface area contributed by atoms with Gasteiger partial charge in [-0.2, -0.15) is 0 Å². The topological polar surface area (TPSA) is 58.4 Å². The number of likely N-dealkylation sites (N-methyl/N-ethyl adjacent to an activating group) is 2. The molecular weight excluding hydrogens is 214 g/mol. The minimum absolute atomic E-state index is 0.104. The van der Waals surface area contributed by atoms with Crippen LogP contribution in [0.4, 0.5) is 0 Å². The van der Waals surface area contributed by atoms with Crippen LogP contribution in [0.25, 0.3) is 0 Å². The lowest BCUT2D eigenvalue weighted by atomic mass is 9.93. The summed E-state index contributed by atoms with van der Waals surface area (Å²) >= 11 is 0. The molecule has 4 nitrogen and oxygen atoms in total. The summed E-state index contributed by atoms with van der Waals surface area (Å²) < 4.78 is 0. The highest BCUT2D eigenvalue weighted by molar-refractivity contribution is 5.77. The Morgan fingerprint density at radius 2 is 2.06 bits per heavy atom. The van der Waals surface area contributed by atoms with E-state index in [2.05, 4.69) is 17.1 Å². The Bertz CT molecular complexity index is 233. The lowest BCUT2D eigenvalue weighted by Gasteiger charge is -2.34. The summed E-state index contributed by atoms with van der Waals surface area (Å²) in [6, 6.07) is 0.491. The van der Waals surface area contributed by atoms with Gasteiger partial charge < -0.3 is 11.1 Å². The molecule has 0 radical (unpaired) electrons. The van der Waals surface area contributed by atoms with Crippen LogP contribution in [0.5, 0.6) is 0 Å². The van der Waals surface area contributed by atoms with E-state index in [1.165, 1.54) is 32.1 Å². The molecule has 1 saturated carbocycles.